The summed E-state index contributed by atoms with van der Waals surface area (Å²) in [6, 6.07) is 17.4. The van der Waals surface area contributed by atoms with E-state index in [1.165, 1.54) is 0 Å². The highest BCUT2D eigenvalue weighted by molar-refractivity contribution is 9.10. The second kappa shape index (κ2) is 8.76. The molecule has 0 bridgehead atoms. The molecule has 4 aromatic rings. The van der Waals surface area contributed by atoms with Gasteiger partial charge in [-0.15, -0.1) is 10.2 Å². The Labute approximate surface area is 192 Å². The van der Waals surface area contributed by atoms with Crippen LogP contribution in [0.1, 0.15) is 31.8 Å². The number of aromatic amines is 1. The summed E-state index contributed by atoms with van der Waals surface area (Å²) in [6.07, 6.45) is 0. The van der Waals surface area contributed by atoms with Gasteiger partial charge in [-0.05, 0) is 77.8 Å². The number of aromatic hydroxyl groups is 1. The Hall–Kier alpha value is -3.78. The number of azo groups is 1. The zero-order valence-electron chi connectivity index (χ0n) is 17.3. The molecule has 0 fully saturated rings. The molecular weight excluding hydrogens is 472 g/mol. The summed E-state index contributed by atoms with van der Waals surface area (Å²) in [4.78, 5) is 27.7. The highest BCUT2D eigenvalue weighted by atomic mass is 79.9. The lowest BCUT2D eigenvalue weighted by molar-refractivity contribution is 0.0993. The van der Waals surface area contributed by atoms with Crippen molar-refractivity contribution in [2.24, 2.45) is 10.2 Å². The molecule has 0 atom stereocenters. The molecule has 0 spiro atoms. The van der Waals surface area contributed by atoms with Crippen molar-refractivity contribution >= 4 is 50.0 Å². The molecule has 0 saturated heterocycles. The maximum atomic E-state index is 12.5. The summed E-state index contributed by atoms with van der Waals surface area (Å²) < 4.78 is 0.765. The first-order chi connectivity index (χ1) is 15.3. The zero-order chi connectivity index (χ0) is 22.8. The van der Waals surface area contributed by atoms with E-state index in [4.69, 9.17) is 0 Å². The van der Waals surface area contributed by atoms with Gasteiger partial charge in [0, 0.05) is 26.7 Å². The molecule has 160 valence electrons. The number of halogens is 1. The van der Waals surface area contributed by atoms with Crippen LogP contribution in [0.15, 0.2) is 75.4 Å². The SMILES string of the molecule is Cc1cccc(C(=O)Nc2ccc(C(=O)N=Nc3c(O)[nH]c4ccc(C)c(Br)c34)cc2)c1. The Bertz CT molecular complexity index is 1370. The molecule has 0 saturated carbocycles. The maximum Gasteiger partial charge on any atom is 0.295 e. The first kappa shape index (κ1) is 21.5. The van der Waals surface area contributed by atoms with E-state index in [9.17, 15) is 14.7 Å². The Morgan fingerprint density at radius 3 is 2.47 bits per heavy atom. The number of carbonyl (C=O) groups is 2. The molecule has 3 aromatic carbocycles. The lowest BCUT2D eigenvalue weighted by atomic mass is 10.1. The standard InChI is InChI=1S/C24H19BrN4O3/c1-13-4-3-5-16(12-13)22(30)26-17-9-7-15(8-10-17)23(31)29-28-21-19-18(27-24(21)32)11-6-14(2)20(19)25/h3-12,27,32H,1-2H3,(H,26,30). The van der Waals surface area contributed by atoms with Crippen LogP contribution in [-0.4, -0.2) is 21.9 Å². The van der Waals surface area contributed by atoms with Crippen molar-refractivity contribution in [3.8, 4) is 5.88 Å². The van der Waals surface area contributed by atoms with E-state index in [1.54, 1.807) is 36.4 Å². The number of rotatable bonds is 4. The van der Waals surface area contributed by atoms with Gasteiger partial charge in [0.15, 0.2) is 5.69 Å². The van der Waals surface area contributed by atoms with Gasteiger partial charge in [0.25, 0.3) is 11.8 Å². The number of H-pyrrole nitrogens is 1. The predicted molar refractivity (Wildman–Crippen MR) is 127 cm³/mol. The molecule has 0 aliphatic rings. The molecule has 3 N–H and O–H groups in total. The van der Waals surface area contributed by atoms with Gasteiger partial charge in [-0.25, -0.2) is 0 Å². The summed E-state index contributed by atoms with van der Waals surface area (Å²) in [5.41, 5.74) is 4.23. The van der Waals surface area contributed by atoms with Crippen molar-refractivity contribution in [3.05, 3.63) is 87.4 Å². The smallest absolute Gasteiger partial charge is 0.295 e. The van der Waals surface area contributed by atoms with Crippen molar-refractivity contribution < 1.29 is 14.7 Å². The van der Waals surface area contributed by atoms with E-state index >= 15 is 0 Å². The average molecular weight is 491 g/mol. The fourth-order valence-corrected chi connectivity index (χ4v) is 3.79. The lowest BCUT2D eigenvalue weighted by Crippen LogP contribution is -2.12. The monoisotopic (exact) mass is 490 g/mol. The summed E-state index contributed by atoms with van der Waals surface area (Å²) in [5, 5.41) is 21.4. The van der Waals surface area contributed by atoms with Crippen LogP contribution in [0.4, 0.5) is 11.4 Å². The number of aryl methyl sites for hydroxylation is 2. The molecule has 1 aromatic heterocycles. The topological polar surface area (TPSA) is 107 Å². The number of aromatic nitrogens is 1. The largest absolute Gasteiger partial charge is 0.493 e. The first-order valence-electron chi connectivity index (χ1n) is 9.77. The summed E-state index contributed by atoms with van der Waals surface area (Å²) in [6.45, 7) is 3.83. The van der Waals surface area contributed by atoms with Gasteiger partial charge in [-0.2, -0.15) is 0 Å². The van der Waals surface area contributed by atoms with E-state index in [-0.39, 0.29) is 17.5 Å². The number of hydrogen-bond acceptors (Lipinski definition) is 4. The third kappa shape index (κ3) is 4.31. The van der Waals surface area contributed by atoms with E-state index in [2.05, 4.69) is 36.5 Å². The first-order valence-corrected chi connectivity index (χ1v) is 10.6. The Morgan fingerprint density at radius 2 is 1.75 bits per heavy atom. The lowest BCUT2D eigenvalue weighted by Gasteiger charge is -2.06. The molecule has 1 heterocycles. The molecular formula is C24H19BrN4O3. The Morgan fingerprint density at radius 1 is 1.00 bits per heavy atom. The van der Waals surface area contributed by atoms with Crippen molar-refractivity contribution in [1.82, 2.24) is 4.98 Å². The van der Waals surface area contributed by atoms with Gasteiger partial charge in [0.2, 0.25) is 5.88 Å². The highest BCUT2D eigenvalue weighted by Crippen LogP contribution is 2.41. The number of anilines is 1. The molecule has 0 radical (unpaired) electrons. The van der Waals surface area contributed by atoms with Crippen LogP contribution in [0.3, 0.4) is 0 Å². The molecule has 8 heteroatoms. The van der Waals surface area contributed by atoms with Crippen molar-refractivity contribution in [1.29, 1.82) is 0 Å². The predicted octanol–water partition coefficient (Wildman–Crippen LogP) is 6.43. The second-order valence-corrected chi connectivity index (χ2v) is 8.14. The highest BCUT2D eigenvalue weighted by Gasteiger charge is 2.15. The minimum atomic E-state index is -0.570. The van der Waals surface area contributed by atoms with Crippen LogP contribution in [0.5, 0.6) is 5.88 Å². The molecule has 4 rings (SSSR count). The number of hydrogen-bond donors (Lipinski definition) is 3. The molecule has 0 aliphatic heterocycles. The molecule has 2 amide bonds. The van der Waals surface area contributed by atoms with Gasteiger partial charge in [-0.3, -0.25) is 9.59 Å². The summed E-state index contributed by atoms with van der Waals surface area (Å²) >= 11 is 3.49. The van der Waals surface area contributed by atoms with Crippen LogP contribution in [-0.2, 0) is 0 Å². The zero-order valence-corrected chi connectivity index (χ0v) is 18.9. The summed E-state index contributed by atoms with van der Waals surface area (Å²) in [5.74, 6) is -0.973. The van der Waals surface area contributed by atoms with Crippen molar-refractivity contribution in [2.45, 2.75) is 13.8 Å². The molecule has 0 aliphatic carbocycles. The van der Waals surface area contributed by atoms with Crippen LogP contribution >= 0.6 is 15.9 Å². The summed E-state index contributed by atoms with van der Waals surface area (Å²) in [7, 11) is 0. The average Bonchev–Trinajstić information content (AvgIpc) is 3.11. The van der Waals surface area contributed by atoms with E-state index in [0.717, 1.165) is 15.6 Å². The van der Waals surface area contributed by atoms with Crippen molar-refractivity contribution in [3.63, 3.8) is 0 Å². The third-order valence-electron chi connectivity index (χ3n) is 4.96. The quantitative estimate of drug-likeness (QED) is 0.287. The van der Waals surface area contributed by atoms with Gasteiger partial charge in [-0.1, -0.05) is 23.8 Å². The molecule has 0 unspecified atom stereocenters. The molecule has 7 nitrogen and oxygen atoms in total. The van der Waals surface area contributed by atoms with E-state index in [1.807, 2.05) is 38.1 Å². The Balaban J connectivity index is 1.51. The van der Waals surface area contributed by atoms with Gasteiger partial charge >= 0.3 is 0 Å². The van der Waals surface area contributed by atoms with Gasteiger partial charge in [0.1, 0.15) is 0 Å². The van der Waals surface area contributed by atoms with E-state index < -0.39 is 5.91 Å². The third-order valence-corrected chi connectivity index (χ3v) is 5.98. The van der Waals surface area contributed by atoms with Crippen LogP contribution < -0.4 is 5.32 Å². The van der Waals surface area contributed by atoms with Crippen LogP contribution in [0.2, 0.25) is 0 Å². The maximum absolute atomic E-state index is 12.5. The molecule has 32 heavy (non-hydrogen) atoms. The number of nitrogens with zero attached hydrogens (tertiary/aromatic N) is 2. The minimum absolute atomic E-state index is 0.169. The van der Waals surface area contributed by atoms with Gasteiger partial charge < -0.3 is 15.4 Å². The van der Waals surface area contributed by atoms with E-state index in [0.29, 0.717) is 27.7 Å². The number of nitrogens with one attached hydrogen (secondary N) is 2. The number of carbonyl (C=O) groups excluding carboxylic acids is 2. The minimum Gasteiger partial charge on any atom is -0.493 e. The fraction of sp³-hybridized carbons (Fsp3) is 0.0833. The van der Waals surface area contributed by atoms with Crippen molar-refractivity contribution in [2.75, 3.05) is 5.32 Å². The second-order valence-electron chi connectivity index (χ2n) is 7.35. The van der Waals surface area contributed by atoms with Crippen LogP contribution in [0.25, 0.3) is 10.9 Å². The number of amides is 2. The van der Waals surface area contributed by atoms with Gasteiger partial charge in [0.05, 0.1) is 5.52 Å². The Kier molecular flexibility index (Phi) is 5.87. The fourth-order valence-electron chi connectivity index (χ4n) is 3.26. The number of fused-ring (bicyclic) bond motifs is 1. The number of benzene rings is 3. The normalized spacial score (nSPS) is 11.2. The van der Waals surface area contributed by atoms with Crippen LogP contribution in [0, 0.1) is 13.8 Å².